The molecule has 0 radical (unpaired) electrons. The van der Waals surface area contributed by atoms with Crippen molar-refractivity contribution >= 4 is 27.3 Å². The number of carbonyl (C=O) groups excluding carboxylic acids is 1. The summed E-state index contributed by atoms with van der Waals surface area (Å²) in [4.78, 5) is 27.4. The number of aryl methyl sites for hydroxylation is 1. The molecule has 0 aromatic heterocycles. The van der Waals surface area contributed by atoms with Crippen LogP contribution in [0.1, 0.15) is 25.0 Å². The lowest BCUT2D eigenvalue weighted by molar-refractivity contribution is -0.384. The third-order valence-electron chi connectivity index (χ3n) is 5.94. The maximum Gasteiger partial charge on any atom is 0.293 e. The number of hydrogen-bond acceptors (Lipinski definition) is 6. The lowest BCUT2D eigenvalue weighted by Gasteiger charge is -2.36. The first kappa shape index (κ1) is 24.7. The van der Waals surface area contributed by atoms with Gasteiger partial charge in [0.25, 0.3) is 5.69 Å². The summed E-state index contributed by atoms with van der Waals surface area (Å²) >= 11 is 0. The van der Waals surface area contributed by atoms with Gasteiger partial charge in [0, 0.05) is 45.3 Å². The van der Waals surface area contributed by atoms with Gasteiger partial charge in [0.2, 0.25) is 15.9 Å². The molecule has 178 valence electrons. The predicted octanol–water partition coefficient (Wildman–Crippen LogP) is 2.83. The summed E-state index contributed by atoms with van der Waals surface area (Å²) in [5.74, 6) is 0.0219. The highest BCUT2D eigenvalue weighted by Crippen LogP contribution is 2.32. The van der Waals surface area contributed by atoms with Crippen LogP contribution in [0.3, 0.4) is 0 Å². The number of nitrogens with zero attached hydrogens (tertiary/aromatic N) is 4. The van der Waals surface area contributed by atoms with Gasteiger partial charge in [0.1, 0.15) is 5.69 Å². The largest absolute Gasteiger partial charge is 0.362 e. The molecule has 9 nitrogen and oxygen atoms in total. The Hall–Kier alpha value is -2.98. The van der Waals surface area contributed by atoms with E-state index in [1.165, 1.54) is 16.4 Å². The van der Waals surface area contributed by atoms with Crippen LogP contribution in [0.25, 0.3) is 0 Å². The van der Waals surface area contributed by atoms with Gasteiger partial charge in [0.05, 0.1) is 16.2 Å². The number of nitro benzene ring substituents is 1. The van der Waals surface area contributed by atoms with Gasteiger partial charge in [-0.25, -0.2) is 8.42 Å². The number of rotatable bonds is 8. The number of nitro groups is 1. The minimum absolute atomic E-state index is 0.0219. The molecule has 3 rings (SSSR count). The van der Waals surface area contributed by atoms with E-state index < -0.39 is 14.9 Å². The van der Waals surface area contributed by atoms with E-state index in [-0.39, 0.29) is 29.6 Å². The topological polar surface area (TPSA) is 104 Å². The zero-order valence-electron chi connectivity index (χ0n) is 19.2. The SMILES string of the molecule is CCN(CC)S(=O)(=O)c1ccc(N2CCN(C(=O)Cc3ccc(C)cc3)CC2)c([N+](=O)[O-])c1. The maximum atomic E-state index is 12.8. The molecule has 1 aliphatic rings. The molecule has 33 heavy (non-hydrogen) atoms. The fraction of sp³-hybridized carbons (Fsp3) is 0.435. The summed E-state index contributed by atoms with van der Waals surface area (Å²) < 4.78 is 26.8. The average molecular weight is 475 g/mol. The van der Waals surface area contributed by atoms with Crippen LogP contribution in [0.4, 0.5) is 11.4 Å². The highest BCUT2D eigenvalue weighted by Gasteiger charge is 2.29. The summed E-state index contributed by atoms with van der Waals surface area (Å²) in [6, 6.07) is 11.9. The molecule has 1 saturated heterocycles. The second-order valence-corrected chi connectivity index (χ2v) is 9.97. The Kier molecular flexibility index (Phi) is 7.70. The first-order valence-corrected chi connectivity index (χ1v) is 12.5. The van der Waals surface area contributed by atoms with Gasteiger partial charge < -0.3 is 9.80 Å². The molecule has 0 bridgehead atoms. The molecule has 0 spiro atoms. The Balaban J connectivity index is 1.73. The fourth-order valence-corrected chi connectivity index (χ4v) is 5.46. The summed E-state index contributed by atoms with van der Waals surface area (Å²) in [7, 11) is -3.80. The Labute approximate surface area is 194 Å². The van der Waals surface area contributed by atoms with E-state index in [0.29, 0.717) is 38.3 Å². The van der Waals surface area contributed by atoms with Gasteiger partial charge in [-0.05, 0) is 24.6 Å². The van der Waals surface area contributed by atoms with Gasteiger partial charge in [0.15, 0.2) is 0 Å². The quantitative estimate of drug-likeness (QED) is 0.430. The van der Waals surface area contributed by atoms with Crippen molar-refractivity contribution in [3.05, 3.63) is 63.7 Å². The van der Waals surface area contributed by atoms with Crippen molar-refractivity contribution < 1.29 is 18.1 Å². The summed E-state index contributed by atoms with van der Waals surface area (Å²) in [6.45, 7) is 7.77. The van der Waals surface area contributed by atoms with Crippen LogP contribution in [0.15, 0.2) is 47.4 Å². The van der Waals surface area contributed by atoms with Gasteiger partial charge >= 0.3 is 0 Å². The van der Waals surface area contributed by atoms with E-state index in [9.17, 15) is 23.3 Å². The van der Waals surface area contributed by atoms with Crippen LogP contribution in [-0.4, -0.2) is 67.7 Å². The minimum atomic E-state index is -3.80. The van der Waals surface area contributed by atoms with Crippen LogP contribution in [0, 0.1) is 17.0 Å². The van der Waals surface area contributed by atoms with E-state index in [4.69, 9.17) is 0 Å². The molecule has 2 aromatic rings. The third-order valence-corrected chi connectivity index (χ3v) is 7.98. The van der Waals surface area contributed by atoms with E-state index >= 15 is 0 Å². The maximum absolute atomic E-state index is 12.8. The molecule has 1 aliphatic heterocycles. The first-order valence-electron chi connectivity index (χ1n) is 11.0. The minimum Gasteiger partial charge on any atom is -0.362 e. The predicted molar refractivity (Wildman–Crippen MR) is 127 cm³/mol. The van der Waals surface area contributed by atoms with Crippen molar-refractivity contribution in [3.8, 4) is 0 Å². The molecule has 0 N–H and O–H groups in total. The zero-order valence-corrected chi connectivity index (χ0v) is 20.0. The van der Waals surface area contributed by atoms with Crippen LogP contribution >= 0.6 is 0 Å². The van der Waals surface area contributed by atoms with Crippen LogP contribution in [0.5, 0.6) is 0 Å². The van der Waals surface area contributed by atoms with Crippen molar-refractivity contribution in [2.45, 2.75) is 32.1 Å². The molecular formula is C23H30N4O5S. The molecular weight excluding hydrogens is 444 g/mol. The Bertz CT molecular complexity index is 1110. The van der Waals surface area contributed by atoms with Crippen LogP contribution in [0.2, 0.25) is 0 Å². The van der Waals surface area contributed by atoms with Crippen LogP contribution in [-0.2, 0) is 21.2 Å². The number of benzene rings is 2. The molecule has 1 fully saturated rings. The zero-order chi connectivity index (χ0) is 24.2. The fourth-order valence-electron chi connectivity index (χ4n) is 3.98. The number of piperazine rings is 1. The number of hydrogen-bond donors (Lipinski definition) is 0. The van der Waals surface area contributed by atoms with Gasteiger partial charge in [-0.1, -0.05) is 43.7 Å². The van der Waals surface area contributed by atoms with Crippen molar-refractivity contribution in [1.82, 2.24) is 9.21 Å². The molecule has 0 atom stereocenters. The third kappa shape index (κ3) is 5.51. The lowest BCUT2D eigenvalue weighted by Crippen LogP contribution is -2.49. The molecule has 10 heteroatoms. The monoisotopic (exact) mass is 474 g/mol. The molecule has 2 aromatic carbocycles. The second-order valence-electron chi connectivity index (χ2n) is 8.03. The van der Waals surface area contributed by atoms with E-state index in [0.717, 1.165) is 17.2 Å². The summed E-state index contributed by atoms with van der Waals surface area (Å²) in [5.41, 5.74) is 2.21. The van der Waals surface area contributed by atoms with Crippen LogP contribution < -0.4 is 4.90 Å². The second kappa shape index (κ2) is 10.3. The molecule has 0 saturated carbocycles. The number of amides is 1. The highest BCUT2D eigenvalue weighted by atomic mass is 32.2. The number of sulfonamides is 1. The van der Waals surface area contributed by atoms with E-state index in [1.54, 1.807) is 18.7 Å². The van der Waals surface area contributed by atoms with E-state index in [1.807, 2.05) is 36.1 Å². The number of carbonyl (C=O) groups is 1. The van der Waals surface area contributed by atoms with Gasteiger partial charge in [-0.15, -0.1) is 0 Å². The highest BCUT2D eigenvalue weighted by molar-refractivity contribution is 7.89. The van der Waals surface area contributed by atoms with Crippen molar-refractivity contribution in [1.29, 1.82) is 0 Å². The molecule has 1 amide bonds. The van der Waals surface area contributed by atoms with Gasteiger partial charge in [-0.3, -0.25) is 14.9 Å². The molecule has 0 unspecified atom stereocenters. The van der Waals surface area contributed by atoms with Crippen molar-refractivity contribution in [2.24, 2.45) is 0 Å². The smallest absolute Gasteiger partial charge is 0.293 e. The number of anilines is 1. The van der Waals surface area contributed by atoms with E-state index in [2.05, 4.69) is 0 Å². The lowest BCUT2D eigenvalue weighted by atomic mass is 10.1. The molecule has 0 aliphatic carbocycles. The molecule has 1 heterocycles. The standard InChI is InChI=1S/C23H30N4O5S/c1-4-26(5-2)33(31,32)20-10-11-21(22(17-20)27(29)30)24-12-14-25(15-13-24)23(28)16-19-8-6-18(3)7-9-19/h6-11,17H,4-5,12-16H2,1-3H3. The Morgan fingerprint density at radius 1 is 1.03 bits per heavy atom. The Morgan fingerprint density at radius 2 is 1.64 bits per heavy atom. The van der Waals surface area contributed by atoms with Crippen molar-refractivity contribution in [2.75, 3.05) is 44.2 Å². The normalized spacial score (nSPS) is 14.5. The summed E-state index contributed by atoms with van der Waals surface area (Å²) in [6.07, 6.45) is 0.318. The average Bonchev–Trinajstić information content (AvgIpc) is 2.80. The van der Waals surface area contributed by atoms with Gasteiger partial charge in [-0.2, -0.15) is 4.31 Å². The van der Waals surface area contributed by atoms with Crippen molar-refractivity contribution in [3.63, 3.8) is 0 Å². The summed E-state index contributed by atoms with van der Waals surface area (Å²) in [5, 5.41) is 11.8. The first-order chi connectivity index (χ1) is 15.7. The Morgan fingerprint density at radius 3 is 2.18 bits per heavy atom.